The number of nitrogens with zero attached hydrogens (tertiary/aromatic N) is 3. The molecule has 0 saturated heterocycles. The maximum atomic E-state index is 13.0. The third-order valence-corrected chi connectivity index (χ3v) is 4.35. The van der Waals surface area contributed by atoms with Gasteiger partial charge < -0.3 is 15.8 Å². The summed E-state index contributed by atoms with van der Waals surface area (Å²) >= 11 is 0. The fourth-order valence-electron chi connectivity index (χ4n) is 2.93. The topological polar surface area (TPSA) is 129 Å². The minimum absolute atomic E-state index is 0.124. The summed E-state index contributed by atoms with van der Waals surface area (Å²) in [5.74, 6) is -1.85. The van der Waals surface area contributed by atoms with Gasteiger partial charge >= 0.3 is 0 Å². The predicted octanol–water partition coefficient (Wildman–Crippen LogP) is 0.980. The van der Waals surface area contributed by atoms with E-state index in [2.05, 4.69) is 15.4 Å². The van der Waals surface area contributed by atoms with E-state index < -0.39 is 23.6 Å². The number of hydrogen-bond acceptors (Lipinski definition) is 6. The lowest BCUT2D eigenvalue weighted by atomic mass is 10.0. The molecule has 9 heteroatoms. The number of amides is 2. The van der Waals surface area contributed by atoms with Crippen LogP contribution in [0, 0.1) is 6.92 Å². The lowest BCUT2D eigenvalue weighted by molar-refractivity contribution is -0.137. The Kier molecular flexibility index (Phi) is 6.21. The van der Waals surface area contributed by atoms with E-state index in [0.717, 1.165) is 5.56 Å². The third kappa shape index (κ3) is 4.69. The lowest BCUT2D eigenvalue weighted by Gasteiger charge is -2.17. The highest BCUT2D eigenvalue weighted by atomic mass is 16.5. The van der Waals surface area contributed by atoms with Crippen LogP contribution in [0.1, 0.15) is 21.7 Å². The van der Waals surface area contributed by atoms with Crippen molar-refractivity contribution in [3.63, 3.8) is 0 Å². The molecule has 2 amide bonds. The van der Waals surface area contributed by atoms with Crippen LogP contribution in [-0.4, -0.2) is 45.5 Å². The maximum Gasteiger partial charge on any atom is 0.287 e. The van der Waals surface area contributed by atoms with Gasteiger partial charge in [0.2, 0.25) is 11.7 Å². The number of aryl methyl sites for hydroxylation is 1. The van der Waals surface area contributed by atoms with Crippen LogP contribution in [0.4, 0.5) is 0 Å². The largest absolute Gasteiger partial charge is 0.481 e. The van der Waals surface area contributed by atoms with Crippen LogP contribution >= 0.6 is 0 Å². The number of aromatic nitrogens is 3. The number of rotatable bonds is 8. The highest BCUT2D eigenvalue weighted by Crippen LogP contribution is 2.15. The summed E-state index contributed by atoms with van der Waals surface area (Å²) in [5.41, 5.74) is 6.69. The number of primary amides is 1. The Morgan fingerprint density at radius 1 is 1.13 bits per heavy atom. The van der Waals surface area contributed by atoms with E-state index in [9.17, 15) is 14.4 Å². The summed E-state index contributed by atoms with van der Waals surface area (Å²) < 4.78 is 6.47. The van der Waals surface area contributed by atoms with Crippen molar-refractivity contribution >= 4 is 17.6 Å². The second kappa shape index (κ2) is 8.99. The van der Waals surface area contributed by atoms with Crippen molar-refractivity contribution in [3.8, 4) is 11.7 Å². The zero-order chi connectivity index (χ0) is 21.7. The number of hydrogen-bond donors (Lipinski definition) is 2. The molecule has 0 aliphatic rings. The summed E-state index contributed by atoms with van der Waals surface area (Å²) in [6, 6.07) is 14.5. The molecule has 154 valence electrons. The zero-order valence-electron chi connectivity index (χ0n) is 16.5. The van der Waals surface area contributed by atoms with Crippen molar-refractivity contribution in [3.05, 3.63) is 71.5 Å². The molecule has 0 spiro atoms. The Labute approximate surface area is 172 Å². The summed E-state index contributed by atoms with van der Waals surface area (Å²) in [5, 5.41) is 6.92. The lowest BCUT2D eigenvalue weighted by Crippen LogP contribution is -2.47. The summed E-state index contributed by atoms with van der Waals surface area (Å²) in [6.45, 7) is 1.73. The fourth-order valence-corrected chi connectivity index (χ4v) is 2.93. The van der Waals surface area contributed by atoms with Gasteiger partial charge in [-0.15, -0.1) is 0 Å². The summed E-state index contributed by atoms with van der Waals surface area (Å²) in [7, 11) is 1.48. The van der Waals surface area contributed by atoms with Gasteiger partial charge in [0.05, 0.1) is 12.8 Å². The maximum absolute atomic E-state index is 13.0. The predicted molar refractivity (Wildman–Crippen MR) is 108 cm³/mol. The first kappa shape index (κ1) is 20.7. The highest BCUT2D eigenvalue weighted by molar-refractivity contribution is 6.38. The Hall–Kier alpha value is -4.01. The molecule has 3 aromatic rings. The van der Waals surface area contributed by atoms with E-state index in [0.29, 0.717) is 17.4 Å². The van der Waals surface area contributed by atoms with Crippen molar-refractivity contribution in [1.82, 2.24) is 20.1 Å². The van der Waals surface area contributed by atoms with Crippen LogP contribution in [0.25, 0.3) is 5.82 Å². The molecule has 2 heterocycles. The van der Waals surface area contributed by atoms with E-state index in [1.54, 1.807) is 55.5 Å². The summed E-state index contributed by atoms with van der Waals surface area (Å²) in [4.78, 5) is 41.1. The number of Topliss-reactive ketones (excluding diaryl/α,β-unsaturated/α-hetero) is 1. The van der Waals surface area contributed by atoms with Gasteiger partial charge in [0.1, 0.15) is 11.7 Å². The molecule has 1 atom stereocenters. The Bertz CT molecular complexity index is 1080. The Morgan fingerprint density at radius 3 is 2.53 bits per heavy atom. The third-order valence-electron chi connectivity index (χ3n) is 4.35. The molecular formula is C21H21N5O4. The molecule has 0 aliphatic heterocycles. The van der Waals surface area contributed by atoms with Gasteiger partial charge in [-0.05, 0) is 24.6 Å². The van der Waals surface area contributed by atoms with Crippen LogP contribution in [0.3, 0.4) is 0 Å². The molecule has 3 N–H and O–H groups in total. The van der Waals surface area contributed by atoms with Crippen LogP contribution < -0.4 is 15.8 Å². The van der Waals surface area contributed by atoms with Gasteiger partial charge in [-0.25, -0.2) is 4.68 Å². The normalized spacial score (nSPS) is 11.5. The van der Waals surface area contributed by atoms with E-state index in [1.165, 1.54) is 11.8 Å². The van der Waals surface area contributed by atoms with E-state index in [1.807, 2.05) is 6.07 Å². The Balaban J connectivity index is 1.90. The number of methoxy groups -OCH3 is 1. The van der Waals surface area contributed by atoms with Crippen LogP contribution in [0.15, 0.2) is 54.6 Å². The van der Waals surface area contributed by atoms with Gasteiger partial charge in [0.15, 0.2) is 5.82 Å². The molecule has 1 unspecified atom stereocenters. The van der Waals surface area contributed by atoms with Crippen LogP contribution in [-0.2, 0) is 16.0 Å². The smallest absolute Gasteiger partial charge is 0.287 e. The SMILES string of the molecule is COc1cccc(-n2nc(C)cc2C(=O)NC(Cc2ccccc2)C(=O)C(N)=O)n1. The van der Waals surface area contributed by atoms with Crippen LogP contribution in [0.2, 0.25) is 0 Å². The van der Waals surface area contributed by atoms with Crippen molar-refractivity contribution < 1.29 is 19.1 Å². The van der Waals surface area contributed by atoms with Gasteiger partial charge in [-0.2, -0.15) is 10.1 Å². The number of carbonyl (C=O) groups excluding carboxylic acids is 3. The number of carbonyl (C=O) groups is 3. The molecule has 1 aromatic carbocycles. The highest BCUT2D eigenvalue weighted by Gasteiger charge is 2.27. The number of ether oxygens (including phenoxy) is 1. The minimum Gasteiger partial charge on any atom is -0.481 e. The molecule has 0 bridgehead atoms. The fraction of sp³-hybridized carbons (Fsp3) is 0.190. The average Bonchev–Trinajstić information content (AvgIpc) is 3.15. The molecule has 0 fully saturated rings. The number of nitrogens with two attached hydrogens (primary N) is 1. The number of benzene rings is 1. The molecule has 0 radical (unpaired) electrons. The van der Waals surface area contributed by atoms with E-state index in [-0.39, 0.29) is 12.1 Å². The van der Waals surface area contributed by atoms with Gasteiger partial charge in [-0.3, -0.25) is 14.4 Å². The van der Waals surface area contributed by atoms with Crippen molar-refractivity contribution in [2.75, 3.05) is 7.11 Å². The first-order valence-electron chi connectivity index (χ1n) is 9.15. The standard InChI is InChI=1S/C21H21N5O4/c1-13-11-16(26(25-13)17-9-6-10-18(24-17)30-2)21(29)23-15(19(27)20(22)28)12-14-7-4-3-5-8-14/h3-11,15H,12H2,1-2H3,(H2,22,28)(H,23,29). The average molecular weight is 407 g/mol. The van der Waals surface area contributed by atoms with E-state index >= 15 is 0 Å². The molecular weight excluding hydrogens is 386 g/mol. The molecule has 0 saturated carbocycles. The van der Waals surface area contributed by atoms with Gasteiger partial charge in [-0.1, -0.05) is 36.4 Å². The first-order valence-corrected chi connectivity index (χ1v) is 9.15. The molecule has 0 aliphatic carbocycles. The zero-order valence-corrected chi connectivity index (χ0v) is 16.5. The second-order valence-electron chi connectivity index (χ2n) is 6.57. The first-order chi connectivity index (χ1) is 14.4. The molecule has 2 aromatic heterocycles. The molecule has 9 nitrogen and oxygen atoms in total. The number of nitrogens with one attached hydrogen (secondary N) is 1. The van der Waals surface area contributed by atoms with Gasteiger partial charge in [0, 0.05) is 12.5 Å². The number of ketones is 1. The molecule has 30 heavy (non-hydrogen) atoms. The second-order valence-corrected chi connectivity index (χ2v) is 6.57. The Morgan fingerprint density at radius 2 is 1.87 bits per heavy atom. The summed E-state index contributed by atoms with van der Waals surface area (Å²) in [6.07, 6.45) is 0.124. The van der Waals surface area contributed by atoms with Gasteiger partial charge in [0.25, 0.3) is 11.8 Å². The quantitative estimate of drug-likeness (QED) is 0.536. The van der Waals surface area contributed by atoms with E-state index in [4.69, 9.17) is 10.5 Å². The number of pyridine rings is 1. The van der Waals surface area contributed by atoms with Crippen molar-refractivity contribution in [1.29, 1.82) is 0 Å². The van der Waals surface area contributed by atoms with Crippen LogP contribution in [0.5, 0.6) is 5.88 Å². The minimum atomic E-state index is -1.12. The van der Waals surface area contributed by atoms with Crippen molar-refractivity contribution in [2.45, 2.75) is 19.4 Å². The molecule has 3 rings (SSSR count). The monoisotopic (exact) mass is 407 g/mol. The van der Waals surface area contributed by atoms with Crippen molar-refractivity contribution in [2.24, 2.45) is 5.73 Å².